The van der Waals surface area contributed by atoms with Crippen LogP contribution in [-0.4, -0.2) is 29.8 Å². The summed E-state index contributed by atoms with van der Waals surface area (Å²) in [5, 5.41) is 2.37. The van der Waals surface area contributed by atoms with Crippen molar-refractivity contribution in [1.82, 2.24) is 4.72 Å². The van der Waals surface area contributed by atoms with Gasteiger partial charge >= 0.3 is 0 Å². The third-order valence-corrected chi connectivity index (χ3v) is 7.07. The number of sulfonamides is 2. The van der Waals surface area contributed by atoms with Gasteiger partial charge in [-0.15, -0.1) is 0 Å². The molecule has 3 aromatic rings. The van der Waals surface area contributed by atoms with Gasteiger partial charge in [0.2, 0.25) is 10.0 Å². The molecule has 0 bridgehead atoms. The zero-order valence-corrected chi connectivity index (χ0v) is 18.1. The Kier molecular flexibility index (Phi) is 6.57. The van der Waals surface area contributed by atoms with Crippen molar-refractivity contribution in [3.63, 3.8) is 0 Å². The summed E-state index contributed by atoms with van der Waals surface area (Å²) in [6.07, 6.45) is 0. The third-order valence-electron chi connectivity index (χ3n) is 4.26. The molecule has 0 aliphatic carbocycles. The number of hydrogen-bond donors (Lipinski definition) is 3. The Bertz CT molecular complexity index is 1380. The molecule has 0 heterocycles. The highest BCUT2D eigenvalue weighted by Gasteiger charge is 2.19. The third kappa shape index (κ3) is 5.28. The van der Waals surface area contributed by atoms with Gasteiger partial charge in [0.05, 0.1) is 21.0 Å². The zero-order chi connectivity index (χ0) is 23.5. The molecule has 0 fully saturated rings. The molecule has 0 spiro atoms. The number of halogens is 2. The van der Waals surface area contributed by atoms with Crippen molar-refractivity contribution in [2.45, 2.75) is 9.79 Å². The summed E-state index contributed by atoms with van der Waals surface area (Å²) in [6, 6.07) is 12.6. The normalized spacial score (nSPS) is 11.7. The molecular weight excluding hydrogens is 464 g/mol. The summed E-state index contributed by atoms with van der Waals surface area (Å²) in [4.78, 5) is 12.0. The fourth-order valence-corrected chi connectivity index (χ4v) is 4.45. The predicted octanol–water partition coefficient (Wildman–Crippen LogP) is 2.93. The molecule has 8 nitrogen and oxygen atoms in total. The minimum Gasteiger partial charge on any atom is -0.322 e. The fraction of sp³-hybridized carbons (Fsp3) is 0.0500. The number of rotatable bonds is 7. The molecule has 0 aliphatic rings. The van der Waals surface area contributed by atoms with Crippen LogP contribution in [0.4, 0.5) is 20.2 Å². The molecule has 0 saturated carbocycles. The maximum atomic E-state index is 14.1. The summed E-state index contributed by atoms with van der Waals surface area (Å²) < 4.78 is 80.3. The first-order valence-corrected chi connectivity index (χ1v) is 11.9. The average Bonchev–Trinajstić information content (AvgIpc) is 2.74. The number of hydrogen-bond acceptors (Lipinski definition) is 5. The Morgan fingerprint density at radius 3 is 2.06 bits per heavy atom. The predicted molar refractivity (Wildman–Crippen MR) is 114 cm³/mol. The topological polar surface area (TPSA) is 121 Å². The summed E-state index contributed by atoms with van der Waals surface area (Å²) in [6.45, 7) is 0. The summed E-state index contributed by atoms with van der Waals surface area (Å²) >= 11 is 0. The van der Waals surface area contributed by atoms with Gasteiger partial charge in [0.25, 0.3) is 15.9 Å². The Morgan fingerprint density at radius 1 is 0.781 bits per heavy atom. The second kappa shape index (κ2) is 9.02. The smallest absolute Gasteiger partial charge is 0.261 e. The van der Waals surface area contributed by atoms with Crippen LogP contribution in [0.3, 0.4) is 0 Å². The van der Waals surface area contributed by atoms with Gasteiger partial charge in [0.15, 0.2) is 0 Å². The number of amides is 1. The largest absolute Gasteiger partial charge is 0.322 e. The Hall–Kier alpha value is -3.35. The van der Waals surface area contributed by atoms with Crippen molar-refractivity contribution < 1.29 is 30.4 Å². The van der Waals surface area contributed by atoms with Crippen molar-refractivity contribution in [3.8, 4) is 0 Å². The molecule has 0 aliphatic heterocycles. The van der Waals surface area contributed by atoms with Crippen molar-refractivity contribution >= 4 is 37.3 Å². The Morgan fingerprint density at radius 2 is 1.44 bits per heavy atom. The van der Waals surface area contributed by atoms with Gasteiger partial charge in [-0.1, -0.05) is 6.07 Å². The maximum Gasteiger partial charge on any atom is 0.261 e. The lowest BCUT2D eigenvalue weighted by Crippen LogP contribution is -2.20. The molecule has 0 aromatic heterocycles. The highest BCUT2D eigenvalue weighted by Crippen LogP contribution is 2.21. The molecule has 3 aromatic carbocycles. The molecule has 0 radical (unpaired) electrons. The fourth-order valence-electron chi connectivity index (χ4n) is 2.65. The molecule has 0 saturated heterocycles. The molecular formula is C20H17F2N3O5S2. The van der Waals surface area contributed by atoms with Crippen LogP contribution in [0, 0.1) is 11.6 Å². The molecule has 168 valence electrons. The summed E-state index contributed by atoms with van der Waals surface area (Å²) in [7, 11) is -6.73. The lowest BCUT2D eigenvalue weighted by molar-refractivity contribution is 0.102. The van der Waals surface area contributed by atoms with Crippen LogP contribution >= 0.6 is 0 Å². The second-order valence-corrected chi connectivity index (χ2v) is 10.0. The van der Waals surface area contributed by atoms with Crippen molar-refractivity contribution in [3.05, 3.63) is 83.9 Å². The standard InChI is InChI=1S/C20H17F2N3O5S2/c1-23-31(27,28)17-9-10-19(22)18(12-17)20(26)24-14-5-7-16(8-6-14)32(29,30)25-15-4-2-3-13(21)11-15/h2-12,23,25H,1H3,(H,24,26). The monoisotopic (exact) mass is 481 g/mol. The van der Waals surface area contributed by atoms with Gasteiger partial charge in [0.1, 0.15) is 11.6 Å². The van der Waals surface area contributed by atoms with Gasteiger partial charge in [0, 0.05) is 5.69 Å². The molecule has 3 rings (SSSR count). The van der Waals surface area contributed by atoms with E-state index in [0.717, 1.165) is 24.3 Å². The van der Waals surface area contributed by atoms with E-state index in [2.05, 4.69) is 14.8 Å². The number of nitrogens with one attached hydrogen (secondary N) is 3. The minimum atomic E-state index is -4.02. The van der Waals surface area contributed by atoms with E-state index in [0.29, 0.717) is 0 Å². The maximum absolute atomic E-state index is 14.1. The molecule has 0 unspecified atom stereocenters. The Balaban J connectivity index is 1.79. The van der Waals surface area contributed by atoms with Gasteiger partial charge in [-0.05, 0) is 67.7 Å². The number of benzene rings is 3. The van der Waals surface area contributed by atoms with Crippen LogP contribution in [0.2, 0.25) is 0 Å². The van der Waals surface area contributed by atoms with Gasteiger partial charge < -0.3 is 5.32 Å². The van der Waals surface area contributed by atoms with E-state index in [1.165, 1.54) is 49.5 Å². The first kappa shape index (κ1) is 23.3. The molecule has 12 heteroatoms. The van der Waals surface area contributed by atoms with Crippen molar-refractivity contribution in [2.24, 2.45) is 0 Å². The molecule has 3 N–H and O–H groups in total. The van der Waals surface area contributed by atoms with Crippen LogP contribution in [0.5, 0.6) is 0 Å². The van der Waals surface area contributed by atoms with E-state index >= 15 is 0 Å². The second-order valence-electron chi connectivity index (χ2n) is 6.44. The first-order valence-electron chi connectivity index (χ1n) is 8.95. The lowest BCUT2D eigenvalue weighted by Gasteiger charge is -2.10. The van der Waals surface area contributed by atoms with Crippen molar-refractivity contribution in [2.75, 3.05) is 17.1 Å². The van der Waals surface area contributed by atoms with Crippen LogP contribution in [0.15, 0.2) is 76.5 Å². The van der Waals surface area contributed by atoms with Gasteiger partial charge in [-0.3, -0.25) is 9.52 Å². The van der Waals surface area contributed by atoms with Crippen LogP contribution in [0.25, 0.3) is 0 Å². The number of anilines is 2. The minimum absolute atomic E-state index is 0.0363. The van der Waals surface area contributed by atoms with E-state index < -0.39 is 43.2 Å². The van der Waals surface area contributed by atoms with E-state index in [9.17, 15) is 30.4 Å². The Labute approximate surface area is 183 Å². The van der Waals surface area contributed by atoms with Gasteiger partial charge in [-0.2, -0.15) is 0 Å². The van der Waals surface area contributed by atoms with E-state index in [4.69, 9.17) is 0 Å². The van der Waals surface area contributed by atoms with E-state index in [-0.39, 0.29) is 21.2 Å². The van der Waals surface area contributed by atoms with E-state index in [1.807, 2.05) is 0 Å². The number of carbonyl (C=O) groups is 1. The summed E-state index contributed by atoms with van der Waals surface area (Å²) in [5.74, 6) is -2.47. The van der Waals surface area contributed by atoms with Crippen molar-refractivity contribution in [1.29, 1.82) is 0 Å². The van der Waals surface area contributed by atoms with Crippen LogP contribution in [0.1, 0.15) is 10.4 Å². The van der Waals surface area contributed by atoms with E-state index in [1.54, 1.807) is 0 Å². The van der Waals surface area contributed by atoms with Gasteiger partial charge in [-0.25, -0.2) is 30.3 Å². The first-order chi connectivity index (χ1) is 15.0. The molecule has 32 heavy (non-hydrogen) atoms. The van der Waals surface area contributed by atoms with Crippen LogP contribution < -0.4 is 14.8 Å². The zero-order valence-electron chi connectivity index (χ0n) is 16.5. The highest BCUT2D eigenvalue weighted by atomic mass is 32.2. The molecule has 0 atom stereocenters. The summed E-state index contributed by atoms with van der Waals surface area (Å²) in [5.41, 5.74) is -0.332. The molecule has 1 amide bonds. The number of carbonyl (C=O) groups excluding carboxylic acids is 1. The SMILES string of the molecule is CNS(=O)(=O)c1ccc(F)c(C(=O)Nc2ccc(S(=O)(=O)Nc3cccc(F)c3)cc2)c1. The average molecular weight is 482 g/mol. The highest BCUT2D eigenvalue weighted by molar-refractivity contribution is 7.92. The quantitative estimate of drug-likeness (QED) is 0.479. The van der Waals surface area contributed by atoms with Crippen LogP contribution in [-0.2, 0) is 20.0 Å². The lowest BCUT2D eigenvalue weighted by atomic mass is 10.2.